The highest BCUT2D eigenvalue weighted by Crippen LogP contribution is 2.27. The van der Waals surface area contributed by atoms with Crippen LogP contribution in [0.5, 0.6) is 0 Å². The lowest BCUT2D eigenvalue weighted by Gasteiger charge is -2.17. The molecule has 25 heavy (non-hydrogen) atoms. The fourth-order valence-electron chi connectivity index (χ4n) is 2.96. The molecule has 1 amide bonds. The van der Waals surface area contributed by atoms with Crippen LogP contribution in [0.15, 0.2) is 47.4 Å². The van der Waals surface area contributed by atoms with Crippen LogP contribution in [-0.2, 0) is 20.7 Å². The van der Waals surface area contributed by atoms with Gasteiger partial charge in [0, 0.05) is 17.1 Å². The predicted octanol–water partition coefficient (Wildman–Crippen LogP) is 3.53. The summed E-state index contributed by atoms with van der Waals surface area (Å²) in [6.07, 6.45) is 0.846. The Labute approximate surface area is 152 Å². The summed E-state index contributed by atoms with van der Waals surface area (Å²) in [5, 5.41) is 0. The molecule has 0 bridgehead atoms. The van der Waals surface area contributed by atoms with Crippen LogP contribution in [0.4, 0.5) is 5.69 Å². The van der Waals surface area contributed by atoms with Gasteiger partial charge in [0.15, 0.2) is 6.61 Å². The molecular formula is C20H21NO3S. The molecule has 2 aromatic carbocycles. The molecule has 0 saturated carbocycles. The Hall–Kier alpha value is -2.27. The summed E-state index contributed by atoms with van der Waals surface area (Å²) >= 11 is 1.44. The zero-order chi connectivity index (χ0) is 17.8. The topological polar surface area (TPSA) is 46.6 Å². The highest BCUT2D eigenvalue weighted by Gasteiger charge is 2.24. The number of fused-ring (bicyclic) bond motifs is 1. The number of thioether (sulfide) groups is 1. The predicted molar refractivity (Wildman–Crippen MR) is 100 cm³/mol. The van der Waals surface area contributed by atoms with Crippen molar-refractivity contribution in [1.29, 1.82) is 0 Å². The number of para-hydroxylation sites is 1. The van der Waals surface area contributed by atoms with Crippen molar-refractivity contribution in [2.45, 2.75) is 25.2 Å². The van der Waals surface area contributed by atoms with Crippen LogP contribution in [0.25, 0.3) is 0 Å². The summed E-state index contributed by atoms with van der Waals surface area (Å²) in [4.78, 5) is 27.0. The normalized spacial score (nSPS) is 12.8. The molecule has 3 rings (SSSR count). The zero-order valence-corrected chi connectivity index (χ0v) is 15.3. The van der Waals surface area contributed by atoms with Gasteiger partial charge in [-0.2, -0.15) is 0 Å². The molecule has 0 fully saturated rings. The molecular weight excluding hydrogens is 334 g/mol. The van der Waals surface area contributed by atoms with Crippen molar-refractivity contribution in [2.24, 2.45) is 0 Å². The Balaban J connectivity index is 1.48. The monoisotopic (exact) mass is 355 g/mol. The van der Waals surface area contributed by atoms with E-state index in [4.69, 9.17) is 4.74 Å². The molecule has 2 aromatic rings. The number of anilines is 1. The number of amides is 1. The van der Waals surface area contributed by atoms with Gasteiger partial charge in [-0.25, -0.2) is 0 Å². The number of rotatable bonds is 5. The highest BCUT2D eigenvalue weighted by molar-refractivity contribution is 8.00. The van der Waals surface area contributed by atoms with Crippen LogP contribution in [0.2, 0.25) is 0 Å². The van der Waals surface area contributed by atoms with E-state index in [2.05, 4.69) is 6.07 Å². The van der Waals surface area contributed by atoms with E-state index < -0.39 is 0 Å². The molecule has 0 spiro atoms. The Morgan fingerprint density at radius 1 is 1.16 bits per heavy atom. The van der Waals surface area contributed by atoms with Crippen molar-refractivity contribution in [1.82, 2.24) is 0 Å². The molecule has 1 heterocycles. The first kappa shape index (κ1) is 17.5. The number of esters is 1. The van der Waals surface area contributed by atoms with Crippen molar-refractivity contribution in [3.05, 3.63) is 59.2 Å². The van der Waals surface area contributed by atoms with Crippen LogP contribution in [0.3, 0.4) is 0 Å². The van der Waals surface area contributed by atoms with Gasteiger partial charge in [-0.05, 0) is 43.5 Å². The summed E-state index contributed by atoms with van der Waals surface area (Å²) in [5.41, 5.74) is 4.42. The zero-order valence-electron chi connectivity index (χ0n) is 14.5. The largest absolute Gasteiger partial charge is 0.455 e. The van der Waals surface area contributed by atoms with E-state index in [1.807, 2.05) is 50.2 Å². The molecule has 5 heteroatoms. The number of aryl methyl sites for hydroxylation is 2. The lowest BCUT2D eigenvalue weighted by Crippen LogP contribution is -2.33. The minimum Gasteiger partial charge on any atom is -0.455 e. The summed E-state index contributed by atoms with van der Waals surface area (Å²) in [5.74, 6) is -0.339. The number of nitrogens with zero attached hydrogens (tertiary/aromatic N) is 1. The highest BCUT2D eigenvalue weighted by atomic mass is 32.2. The smallest absolute Gasteiger partial charge is 0.316 e. The second kappa shape index (κ2) is 7.74. The van der Waals surface area contributed by atoms with E-state index in [0.717, 1.165) is 28.1 Å². The van der Waals surface area contributed by atoms with E-state index in [9.17, 15) is 9.59 Å². The molecule has 0 radical (unpaired) electrons. The first-order chi connectivity index (χ1) is 12.0. The van der Waals surface area contributed by atoms with E-state index in [1.165, 1.54) is 17.3 Å². The molecule has 0 saturated heterocycles. The maximum Gasteiger partial charge on any atom is 0.316 e. The Morgan fingerprint density at radius 2 is 1.96 bits per heavy atom. The average molecular weight is 355 g/mol. The van der Waals surface area contributed by atoms with Crippen molar-refractivity contribution in [2.75, 3.05) is 23.8 Å². The van der Waals surface area contributed by atoms with Gasteiger partial charge in [0.1, 0.15) is 0 Å². The third-order valence-electron chi connectivity index (χ3n) is 4.22. The van der Waals surface area contributed by atoms with Crippen molar-refractivity contribution in [3.63, 3.8) is 0 Å². The Bertz CT molecular complexity index is 803. The molecule has 0 aromatic heterocycles. The summed E-state index contributed by atoms with van der Waals surface area (Å²) < 4.78 is 5.17. The Morgan fingerprint density at radius 3 is 2.76 bits per heavy atom. The van der Waals surface area contributed by atoms with Crippen LogP contribution in [0.1, 0.15) is 16.7 Å². The van der Waals surface area contributed by atoms with E-state index in [1.54, 1.807) is 4.90 Å². The number of carbonyl (C=O) groups is 2. The van der Waals surface area contributed by atoms with Crippen molar-refractivity contribution >= 4 is 29.3 Å². The summed E-state index contributed by atoms with van der Waals surface area (Å²) in [6, 6.07) is 14.0. The molecule has 0 N–H and O–H groups in total. The van der Waals surface area contributed by atoms with Gasteiger partial charge < -0.3 is 9.64 Å². The van der Waals surface area contributed by atoms with Gasteiger partial charge in [-0.3, -0.25) is 9.59 Å². The number of carbonyl (C=O) groups excluding carboxylic acids is 2. The minimum absolute atomic E-state index is 0.171. The Kier molecular flexibility index (Phi) is 5.43. The van der Waals surface area contributed by atoms with Crippen LogP contribution in [-0.4, -0.2) is 30.8 Å². The van der Waals surface area contributed by atoms with Gasteiger partial charge in [0.05, 0.1) is 5.75 Å². The van der Waals surface area contributed by atoms with Crippen molar-refractivity contribution in [3.8, 4) is 0 Å². The van der Waals surface area contributed by atoms with Gasteiger partial charge >= 0.3 is 5.97 Å². The number of hydrogen-bond acceptors (Lipinski definition) is 4. The fourth-order valence-corrected chi connectivity index (χ4v) is 3.76. The average Bonchev–Trinajstić information content (AvgIpc) is 3.03. The molecule has 1 aliphatic heterocycles. The maximum absolute atomic E-state index is 12.3. The van der Waals surface area contributed by atoms with E-state index >= 15 is 0 Å². The second-order valence-electron chi connectivity index (χ2n) is 6.14. The number of ether oxygens (including phenoxy) is 1. The van der Waals surface area contributed by atoms with E-state index in [0.29, 0.717) is 6.54 Å². The quantitative estimate of drug-likeness (QED) is 0.608. The van der Waals surface area contributed by atoms with E-state index in [-0.39, 0.29) is 24.2 Å². The standard InChI is InChI=1S/C20H21NO3S/c1-14-7-8-18(15(2)11-14)25-13-20(23)24-12-19(22)21-10-9-16-5-3-4-6-17(16)21/h3-8,11H,9-10,12-13H2,1-2H3. The minimum atomic E-state index is -0.370. The van der Waals surface area contributed by atoms with Crippen molar-refractivity contribution < 1.29 is 14.3 Å². The van der Waals surface area contributed by atoms with Crippen LogP contribution < -0.4 is 4.90 Å². The lowest BCUT2D eigenvalue weighted by molar-refractivity contribution is -0.145. The molecule has 0 unspecified atom stereocenters. The lowest BCUT2D eigenvalue weighted by atomic mass is 10.2. The first-order valence-electron chi connectivity index (χ1n) is 8.28. The molecule has 0 atom stereocenters. The summed E-state index contributed by atoms with van der Waals surface area (Å²) in [6.45, 7) is 4.50. The first-order valence-corrected chi connectivity index (χ1v) is 9.27. The summed E-state index contributed by atoms with van der Waals surface area (Å²) in [7, 11) is 0. The molecule has 4 nitrogen and oxygen atoms in total. The SMILES string of the molecule is Cc1ccc(SCC(=O)OCC(=O)N2CCc3ccccc32)c(C)c1. The second-order valence-corrected chi connectivity index (χ2v) is 7.16. The van der Waals surface area contributed by atoms with Crippen LogP contribution >= 0.6 is 11.8 Å². The number of hydrogen-bond donors (Lipinski definition) is 0. The third-order valence-corrected chi connectivity index (χ3v) is 5.37. The van der Waals surface area contributed by atoms with Gasteiger partial charge in [-0.1, -0.05) is 35.9 Å². The van der Waals surface area contributed by atoms with Gasteiger partial charge in [-0.15, -0.1) is 11.8 Å². The molecule has 1 aliphatic rings. The van der Waals surface area contributed by atoms with Gasteiger partial charge in [0.25, 0.3) is 5.91 Å². The fraction of sp³-hybridized carbons (Fsp3) is 0.300. The van der Waals surface area contributed by atoms with Crippen LogP contribution in [0, 0.1) is 13.8 Å². The number of benzene rings is 2. The molecule has 130 valence electrons. The molecule has 0 aliphatic carbocycles. The maximum atomic E-state index is 12.3. The third kappa shape index (κ3) is 4.23. The van der Waals surface area contributed by atoms with Gasteiger partial charge in [0.2, 0.25) is 0 Å².